The molecule has 0 heterocycles. The second kappa shape index (κ2) is 6.11. The molecule has 0 aliphatic heterocycles. The van der Waals surface area contributed by atoms with Gasteiger partial charge in [0.25, 0.3) is 0 Å². The fourth-order valence-electron chi connectivity index (χ4n) is 1.74. The van der Waals surface area contributed by atoms with E-state index in [0.717, 1.165) is 6.42 Å². The van der Waals surface area contributed by atoms with Gasteiger partial charge in [-0.2, -0.15) is 13.2 Å². The van der Waals surface area contributed by atoms with Crippen molar-refractivity contribution < 1.29 is 23.1 Å². The largest absolute Gasteiger partial charge is 0.481 e. The maximum absolute atomic E-state index is 12.1. The molecule has 0 amide bonds. The van der Waals surface area contributed by atoms with E-state index in [0.29, 0.717) is 12.8 Å². The van der Waals surface area contributed by atoms with Gasteiger partial charge >= 0.3 is 12.1 Å². The molecule has 1 unspecified atom stereocenters. The topological polar surface area (TPSA) is 37.3 Å². The molecule has 16 heavy (non-hydrogen) atoms. The van der Waals surface area contributed by atoms with Crippen molar-refractivity contribution in [2.75, 3.05) is 0 Å². The van der Waals surface area contributed by atoms with E-state index in [1.54, 1.807) is 6.92 Å². The minimum Gasteiger partial charge on any atom is -0.481 e. The molecule has 0 aromatic rings. The second-order valence-corrected chi connectivity index (χ2v) is 4.16. The molecule has 1 atom stereocenters. The van der Waals surface area contributed by atoms with Crippen LogP contribution in [0.3, 0.4) is 0 Å². The lowest BCUT2D eigenvalue weighted by atomic mass is 9.76. The van der Waals surface area contributed by atoms with Gasteiger partial charge in [-0.15, -0.1) is 0 Å². The van der Waals surface area contributed by atoms with E-state index in [1.807, 2.05) is 6.92 Å². The Bertz CT molecular complexity index is 226. The van der Waals surface area contributed by atoms with Crippen LogP contribution in [-0.4, -0.2) is 17.3 Å². The zero-order chi connectivity index (χ0) is 12.8. The van der Waals surface area contributed by atoms with Gasteiger partial charge in [0.1, 0.15) is 0 Å². The van der Waals surface area contributed by atoms with Crippen molar-refractivity contribution in [3.63, 3.8) is 0 Å². The van der Waals surface area contributed by atoms with Crippen molar-refractivity contribution in [1.29, 1.82) is 0 Å². The molecule has 0 aromatic carbocycles. The van der Waals surface area contributed by atoms with Crippen LogP contribution in [0.5, 0.6) is 0 Å². The van der Waals surface area contributed by atoms with Crippen molar-refractivity contribution in [3.05, 3.63) is 0 Å². The molecule has 0 aromatic heterocycles. The Morgan fingerprint density at radius 1 is 1.12 bits per heavy atom. The Balaban J connectivity index is 4.57. The molecule has 0 fully saturated rings. The average molecular weight is 240 g/mol. The van der Waals surface area contributed by atoms with Gasteiger partial charge in [-0.05, 0) is 19.3 Å². The third kappa shape index (κ3) is 4.86. The Labute approximate surface area is 93.8 Å². The Morgan fingerprint density at radius 2 is 1.69 bits per heavy atom. The first kappa shape index (κ1) is 15.3. The van der Waals surface area contributed by atoms with E-state index >= 15 is 0 Å². The molecule has 96 valence electrons. The quantitative estimate of drug-likeness (QED) is 0.730. The van der Waals surface area contributed by atoms with Gasteiger partial charge in [0, 0.05) is 6.42 Å². The number of rotatable bonds is 7. The molecule has 0 aliphatic carbocycles. The highest BCUT2D eigenvalue weighted by Crippen LogP contribution is 2.38. The summed E-state index contributed by atoms with van der Waals surface area (Å²) in [4.78, 5) is 11.1. The Hall–Kier alpha value is -0.740. The van der Waals surface area contributed by atoms with E-state index in [4.69, 9.17) is 5.11 Å². The maximum atomic E-state index is 12.1. The predicted octanol–water partition coefficient (Wildman–Crippen LogP) is 4.00. The minimum absolute atomic E-state index is 0.248. The summed E-state index contributed by atoms with van der Waals surface area (Å²) < 4.78 is 36.3. The molecule has 0 radical (unpaired) electrons. The summed E-state index contributed by atoms with van der Waals surface area (Å²) in [6.07, 6.45) is -3.59. The normalized spacial score (nSPS) is 15.8. The van der Waals surface area contributed by atoms with Crippen LogP contribution in [0.2, 0.25) is 0 Å². The van der Waals surface area contributed by atoms with Crippen LogP contribution < -0.4 is 0 Å². The monoisotopic (exact) mass is 240 g/mol. The maximum Gasteiger partial charge on any atom is 0.389 e. The first-order chi connectivity index (χ1) is 7.27. The van der Waals surface area contributed by atoms with Crippen LogP contribution in [0.4, 0.5) is 13.2 Å². The molecule has 0 bridgehead atoms. The summed E-state index contributed by atoms with van der Waals surface area (Å²) in [5.41, 5.74) is -1.20. The first-order valence-electron chi connectivity index (χ1n) is 5.57. The molecule has 1 N–H and O–H groups in total. The SMILES string of the molecule is CCCCC(CC)(CCC(F)(F)F)C(=O)O. The third-order valence-electron chi connectivity index (χ3n) is 3.03. The molecule has 0 spiro atoms. The van der Waals surface area contributed by atoms with Crippen LogP contribution in [0.15, 0.2) is 0 Å². The van der Waals surface area contributed by atoms with Crippen molar-refractivity contribution in [3.8, 4) is 0 Å². The molecule has 0 rings (SSSR count). The molecule has 0 saturated carbocycles. The summed E-state index contributed by atoms with van der Waals surface area (Å²) in [7, 11) is 0. The smallest absolute Gasteiger partial charge is 0.389 e. The van der Waals surface area contributed by atoms with E-state index in [9.17, 15) is 18.0 Å². The average Bonchev–Trinajstić information content (AvgIpc) is 2.17. The van der Waals surface area contributed by atoms with E-state index in [-0.39, 0.29) is 12.8 Å². The van der Waals surface area contributed by atoms with Gasteiger partial charge in [-0.1, -0.05) is 26.7 Å². The van der Waals surface area contributed by atoms with Gasteiger partial charge in [0.15, 0.2) is 0 Å². The predicted molar refractivity (Wildman–Crippen MR) is 55.2 cm³/mol. The Morgan fingerprint density at radius 3 is 2.00 bits per heavy atom. The number of aliphatic carboxylic acids is 1. The second-order valence-electron chi connectivity index (χ2n) is 4.16. The molecular formula is C11H19F3O2. The van der Waals surface area contributed by atoms with Crippen molar-refractivity contribution in [2.45, 2.75) is 58.5 Å². The molecular weight excluding hydrogens is 221 g/mol. The van der Waals surface area contributed by atoms with Crippen molar-refractivity contribution >= 4 is 5.97 Å². The number of halogens is 3. The van der Waals surface area contributed by atoms with Gasteiger partial charge in [0.05, 0.1) is 5.41 Å². The van der Waals surface area contributed by atoms with E-state index < -0.39 is 24.0 Å². The Kier molecular flexibility index (Phi) is 5.83. The highest BCUT2D eigenvalue weighted by Gasteiger charge is 2.40. The lowest BCUT2D eigenvalue weighted by Crippen LogP contribution is -2.32. The lowest BCUT2D eigenvalue weighted by molar-refractivity contribution is -0.159. The third-order valence-corrected chi connectivity index (χ3v) is 3.03. The first-order valence-corrected chi connectivity index (χ1v) is 5.57. The van der Waals surface area contributed by atoms with Crippen LogP contribution in [-0.2, 0) is 4.79 Å². The molecule has 5 heteroatoms. The van der Waals surface area contributed by atoms with Crippen LogP contribution in [0, 0.1) is 5.41 Å². The lowest BCUT2D eigenvalue weighted by Gasteiger charge is -2.28. The van der Waals surface area contributed by atoms with Crippen LogP contribution >= 0.6 is 0 Å². The number of unbranched alkanes of at least 4 members (excludes halogenated alkanes) is 1. The minimum atomic E-state index is -4.28. The summed E-state index contributed by atoms with van der Waals surface area (Å²) in [6.45, 7) is 3.53. The fraction of sp³-hybridized carbons (Fsp3) is 0.909. The number of hydrogen-bond donors (Lipinski definition) is 1. The highest BCUT2D eigenvalue weighted by atomic mass is 19.4. The van der Waals surface area contributed by atoms with Gasteiger partial charge in [-0.25, -0.2) is 0 Å². The van der Waals surface area contributed by atoms with Gasteiger partial charge < -0.3 is 5.11 Å². The summed E-state index contributed by atoms with van der Waals surface area (Å²) in [5, 5.41) is 9.08. The zero-order valence-electron chi connectivity index (χ0n) is 9.73. The fourth-order valence-corrected chi connectivity index (χ4v) is 1.74. The number of carbonyl (C=O) groups is 1. The summed E-state index contributed by atoms with van der Waals surface area (Å²) in [6, 6.07) is 0. The highest BCUT2D eigenvalue weighted by molar-refractivity contribution is 5.74. The van der Waals surface area contributed by atoms with Gasteiger partial charge in [-0.3, -0.25) is 4.79 Å². The van der Waals surface area contributed by atoms with Gasteiger partial charge in [0.2, 0.25) is 0 Å². The summed E-state index contributed by atoms with van der Waals surface area (Å²) >= 11 is 0. The van der Waals surface area contributed by atoms with Crippen LogP contribution in [0.1, 0.15) is 52.4 Å². The zero-order valence-corrected chi connectivity index (χ0v) is 9.73. The number of alkyl halides is 3. The van der Waals surface area contributed by atoms with E-state index in [2.05, 4.69) is 0 Å². The number of carboxylic acids is 1. The molecule has 0 aliphatic rings. The number of hydrogen-bond acceptors (Lipinski definition) is 1. The van der Waals surface area contributed by atoms with Crippen LogP contribution in [0.25, 0.3) is 0 Å². The van der Waals surface area contributed by atoms with Crippen molar-refractivity contribution in [2.24, 2.45) is 5.41 Å². The number of carboxylic acid groups (broad SMARTS) is 1. The standard InChI is InChI=1S/C11H19F3O2/c1-3-5-6-10(4-2,9(15)16)7-8-11(12,13)14/h3-8H2,1-2H3,(H,15,16). The molecule has 2 nitrogen and oxygen atoms in total. The van der Waals surface area contributed by atoms with E-state index in [1.165, 1.54) is 0 Å². The molecule has 0 saturated heterocycles. The van der Waals surface area contributed by atoms with Crippen molar-refractivity contribution in [1.82, 2.24) is 0 Å². The summed E-state index contributed by atoms with van der Waals surface area (Å²) in [5.74, 6) is -1.10.